The Labute approximate surface area is 125 Å². The molecule has 0 aliphatic heterocycles. The fourth-order valence-corrected chi connectivity index (χ4v) is 4.30. The molecule has 1 nitrogen and oxygen atoms in total. The fraction of sp³-hybridized carbons (Fsp3) is 0.647. The zero-order valence-corrected chi connectivity index (χ0v) is 13.3. The van der Waals surface area contributed by atoms with E-state index in [2.05, 4.69) is 52.4 Å². The number of rotatable bonds is 4. The monoisotopic (exact) mass is 321 g/mol. The van der Waals surface area contributed by atoms with Crippen molar-refractivity contribution in [3.63, 3.8) is 0 Å². The third kappa shape index (κ3) is 3.05. The summed E-state index contributed by atoms with van der Waals surface area (Å²) in [6.07, 6.45) is 6.94. The molecule has 2 atom stereocenters. The normalized spacial score (nSPS) is 34.2. The van der Waals surface area contributed by atoms with E-state index in [1.165, 1.54) is 48.7 Å². The minimum Gasteiger partial charge on any atom is -0.314 e. The molecule has 0 amide bonds. The smallest absolute Gasteiger partial charge is 0.0210 e. The van der Waals surface area contributed by atoms with Gasteiger partial charge in [0.1, 0.15) is 0 Å². The molecule has 2 aliphatic rings. The van der Waals surface area contributed by atoms with Gasteiger partial charge in [0.25, 0.3) is 0 Å². The SMILES string of the molecule is CC1CCCC1CNC1CC(c2ccccc2Br)C1. The molecule has 3 rings (SSSR count). The predicted molar refractivity (Wildman–Crippen MR) is 84.4 cm³/mol. The summed E-state index contributed by atoms with van der Waals surface area (Å²) in [7, 11) is 0. The predicted octanol–water partition coefficient (Wildman–Crippen LogP) is 4.72. The molecule has 0 spiro atoms. The Morgan fingerprint density at radius 1 is 1.21 bits per heavy atom. The van der Waals surface area contributed by atoms with Crippen LogP contribution >= 0.6 is 15.9 Å². The van der Waals surface area contributed by atoms with Crippen LogP contribution in [0.2, 0.25) is 0 Å². The Morgan fingerprint density at radius 2 is 2.00 bits per heavy atom. The number of benzene rings is 1. The fourth-order valence-electron chi connectivity index (χ4n) is 3.69. The third-order valence-electron chi connectivity index (χ3n) is 5.19. The maximum atomic E-state index is 3.80. The number of nitrogens with one attached hydrogen (secondary N) is 1. The van der Waals surface area contributed by atoms with Crippen LogP contribution in [0.15, 0.2) is 28.7 Å². The Balaban J connectivity index is 1.44. The maximum Gasteiger partial charge on any atom is 0.0210 e. The Morgan fingerprint density at radius 3 is 2.68 bits per heavy atom. The van der Waals surface area contributed by atoms with Gasteiger partial charge in [0.05, 0.1) is 0 Å². The average molecular weight is 322 g/mol. The van der Waals surface area contributed by atoms with Crippen molar-refractivity contribution in [2.45, 2.75) is 51.0 Å². The van der Waals surface area contributed by atoms with Gasteiger partial charge in [-0.3, -0.25) is 0 Å². The van der Waals surface area contributed by atoms with E-state index in [0.29, 0.717) is 0 Å². The van der Waals surface area contributed by atoms with E-state index in [-0.39, 0.29) is 0 Å². The molecule has 19 heavy (non-hydrogen) atoms. The molecule has 0 saturated heterocycles. The second kappa shape index (κ2) is 5.97. The van der Waals surface area contributed by atoms with Crippen LogP contribution in [0.1, 0.15) is 50.5 Å². The molecule has 104 valence electrons. The second-order valence-electron chi connectivity index (χ2n) is 6.46. The van der Waals surface area contributed by atoms with Crippen LogP contribution in [0.3, 0.4) is 0 Å². The van der Waals surface area contributed by atoms with Gasteiger partial charge < -0.3 is 5.32 Å². The lowest BCUT2D eigenvalue weighted by Gasteiger charge is -2.37. The minimum absolute atomic E-state index is 0.755. The van der Waals surface area contributed by atoms with E-state index in [9.17, 15) is 0 Å². The second-order valence-corrected chi connectivity index (χ2v) is 7.32. The molecule has 1 N–H and O–H groups in total. The topological polar surface area (TPSA) is 12.0 Å². The zero-order chi connectivity index (χ0) is 13.2. The van der Waals surface area contributed by atoms with Gasteiger partial charge >= 0.3 is 0 Å². The minimum atomic E-state index is 0.755. The van der Waals surface area contributed by atoms with Gasteiger partial charge in [-0.2, -0.15) is 0 Å². The molecule has 2 saturated carbocycles. The van der Waals surface area contributed by atoms with Crippen LogP contribution in [0, 0.1) is 11.8 Å². The first-order valence-corrected chi connectivity index (χ1v) is 8.51. The molecule has 0 bridgehead atoms. The summed E-state index contributed by atoms with van der Waals surface area (Å²) in [6.45, 7) is 3.67. The van der Waals surface area contributed by atoms with Gasteiger partial charge in [-0.15, -0.1) is 0 Å². The Hall–Kier alpha value is -0.340. The van der Waals surface area contributed by atoms with Crippen molar-refractivity contribution >= 4 is 15.9 Å². The molecule has 2 unspecified atom stereocenters. The van der Waals surface area contributed by atoms with Crippen LogP contribution in [0.5, 0.6) is 0 Å². The lowest BCUT2D eigenvalue weighted by atomic mass is 9.75. The van der Waals surface area contributed by atoms with Gasteiger partial charge in [-0.25, -0.2) is 0 Å². The van der Waals surface area contributed by atoms with Crippen LogP contribution in [-0.2, 0) is 0 Å². The molecule has 0 heterocycles. The van der Waals surface area contributed by atoms with Crippen molar-refractivity contribution < 1.29 is 0 Å². The maximum absolute atomic E-state index is 3.80. The average Bonchev–Trinajstić information content (AvgIpc) is 2.75. The van der Waals surface area contributed by atoms with E-state index in [0.717, 1.165) is 23.8 Å². The van der Waals surface area contributed by atoms with Crippen LogP contribution in [-0.4, -0.2) is 12.6 Å². The van der Waals surface area contributed by atoms with Gasteiger partial charge in [0.15, 0.2) is 0 Å². The summed E-state index contributed by atoms with van der Waals surface area (Å²) in [5.41, 5.74) is 1.50. The molecular weight excluding hydrogens is 298 g/mol. The lowest BCUT2D eigenvalue weighted by Crippen LogP contribution is -2.42. The van der Waals surface area contributed by atoms with Crippen LogP contribution in [0.25, 0.3) is 0 Å². The van der Waals surface area contributed by atoms with E-state index >= 15 is 0 Å². The highest BCUT2D eigenvalue weighted by Crippen LogP contribution is 2.40. The Bertz CT molecular complexity index is 425. The van der Waals surface area contributed by atoms with E-state index in [1.54, 1.807) is 0 Å². The molecule has 1 aromatic carbocycles. The van der Waals surface area contributed by atoms with E-state index in [4.69, 9.17) is 0 Å². The highest BCUT2D eigenvalue weighted by Gasteiger charge is 2.32. The zero-order valence-electron chi connectivity index (χ0n) is 11.7. The highest BCUT2D eigenvalue weighted by molar-refractivity contribution is 9.10. The van der Waals surface area contributed by atoms with Crippen molar-refractivity contribution in [2.75, 3.05) is 6.54 Å². The molecule has 0 radical (unpaired) electrons. The third-order valence-corrected chi connectivity index (χ3v) is 5.91. The van der Waals surface area contributed by atoms with Gasteiger partial charge in [-0.1, -0.05) is 53.9 Å². The summed E-state index contributed by atoms with van der Waals surface area (Å²) < 4.78 is 1.28. The van der Waals surface area contributed by atoms with E-state index < -0.39 is 0 Å². The van der Waals surface area contributed by atoms with Crippen molar-refractivity contribution in [2.24, 2.45) is 11.8 Å². The number of hydrogen-bond donors (Lipinski definition) is 1. The first-order valence-electron chi connectivity index (χ1n) is 7.72. The molecular formula is C17H24BrN. The first kappa shape index (κ1) is 13.6. The van der Waals surface area contributed by atoms with Gasteiger partial charge in [-0.05, 0) is 55.2 Å². The summed E-state index contributed by atoms with van der Waals surface area (Å²) in [5, 5.41) is 3.80. The lowest BCUT2D eigenvalue weighted by molar-refractivity contribution is 0.263. The van der Waals surface area contributed by atoms with E-state index in [1.807, 2.05) is 0 Å². The highest BCUT2D eigenvalue weighted by atomic mass is 79.9. The van der Waals surface area contributed by atoms with Crippen LogP contribution < -0.4 is 5.32 Å². The van der Waals surface area contributed by atoms with Crippen molar-refractivity contribution in [1.29, 1.82) is 0 Å². The molecule has 1 aromatic rings. The van der Waals surface area contributed by atoms with Crippen molar-refractivity contribution in [3.8, 4) is 0 Å². The van der Waals surface area contributed by atoms with Gasteiger partial charge in [0, 0.05) is 10.5 Å². The summed E-state index contributed by atoms with van der Waals surface area (Å²) in [6, 6.07) is 9.44. The standard InChI is InChI=1S/C17H24BrN/c1-12-5-4-6-13(12)11-19-15-9-14(10-15)16-7-2-3-8-17(16)18/h2-3,7-8,12-15,19H,4-6,9-11H2,1H3. The van der Waals surface area contributed by atoms with Crippen molar-refractivity contribution in [3.05, 3.63) is 34.3 Å². The quantitative estimate of drug-likeness (QED) is 0.846. The summed E-state index contributed by atoms with van der Waals surface area (Å²) in [4.78, 5) is 0. The van der Waals surface area contributed by atoms with Gasteiger partial charge in [0.2, 0.25) is 0 Å². The number of hydrogen-bond acceptors (Lipinski definition) is 1. The summed E-state index contributed by atoms with van der Waals surface area (Å²) >= 11 is 3.67. The largest absolute Gasteiger partial charge is 0.314 e. The first-order chi connectivity index (χ1) is 9.24. The number of halogens is 1. The molecule has 2 aliphatic carbocycles. The molecule has 2 heteroatoms. The molecule has 2 fully saturated rings. The Kier molecular flexibility index (Phi) is 4.28. The van der Waals surface area contributed by atoms with Crippen LogP contribution in [0.4, 0.5) is 0 Å². The summed E-state index contributed by atoms with van der Waals surface area (Å²) in [5.74, 6) is 2.63. The van der Waals surface area contributed by atoms with Crippen molar-refractivity contribution in [1.82, 2.24) is 5.32 Å². The molecule has 0 aromatic heterocycles.